The van der Waals surface area contributed by atoms with Gasteiger partial charge in [-0.3, -0.25) is 9.59 Å². The second-order valence-electron chi connectivity index (χ2n) is 7.31. The predicted octanol–water partition coefficient (Wildman–Crippen LogP) is 4.35. The first kappa shape index (κ1) is 22.7. The van der Waals surface area contributed by atoms with Gasteiger partial charge in [-0.05, 0) is 54.3 Å². The van der Waals surface area contributed by atoms with E-state index in [1.807, 2.05) is 42.5 Å². The maximum atomic E-state index is 12.6. The van der Waals surface area contributed by atoms with Crippen molar-refractivity contribution < 1.29 is 23.8 Å². The molecule has 1 amide bonds. The summed E-state index contributed by atoms with van der Waals surface area (Å²) in [5, 5.41) is 0.678. The SMILES string of the molecule is COC(=O)C1CCCN(C(=O)/C=C/c2ccc(OCc3ccc(Cl)cc3)c(OC)c2)C1. The van der Waals surface area contributed by atoms with Crippen LogP contribution in [-0.2, 0) is 20.9 Å². The molecule has 0 spiro atoms. The number of rotatable bonds is 7. The number of piperidine rings is 1. The predicted molar refractivity (Wildman–Crippen MR) is 119 cm³/mol. The lowest BCUT2D eigenvalue weighted by Gasteiger charge is -2.30. The van der Waals surface area contributed by atoms with Crippen molar-refractivity contribution in [3.63, 3.8) is 0 Å². The largest absolute Gasteiger partial charge is 0.493 e. The van der Waals surface area contributed by atoms with Crippen LogP contribution >= 0.6 is 11.6 Å². The number of ether oxygens (including phenoxy) is 3. The molecule has 0 aliphatic carbocycles. The summed E-state index contributed by atoms with van der Waals surface area (Å²) in [6.45, 7) is 1.41. The van der Waals surface area contributed by atoms with Crippen molar-refractivity contribution in [1.82, 2.24) is 4.90 Å². The number of methoxy groups -OCH3 is 2. The van der Waals surface area contributed by atoms with Crippen LogP contribution in [0.5, 0.6) is 11.5 Å². The maximum absolute atomic E-state index is 12.6. The van der Waals surface area contributed by atoms with Crippen LogP contribution in [0, 0.1) is 5.92 Å². The van der Waals surface area contributed by atoms with E-state index >= 15 is 0 Å². The van der Waals surface area contributed by atoms with Gasteiger partial charge >= 0.3 is 5.97 Å². The highest BCUT2D eigenvalue weighted by Gasteiger charge is 2.28. The van der Waals surface area contributed by atoms with Gasteiger partial charge in [0.1, 0.15) is 6.61 Å². The molecule has 1 heterocycles. The first-order valence-corrected chi connectivity index (χ1v) is 10.5. The molecule has 0 N–H and O–H groups in total. The second kappa shape index (κ2) is 10.9. The Kier molecular flexibility index (Phi) is 7.95. The molecule has 164 valence electrons. The maximum Gasteiger partial charge on any atom is 0.310 e. The van der Waals surface area contributed by atoms with Crippen LogP contribution in [-0.4, -0.2) is 44.1 Å². The van der Waals surface area contributed by atoms with Crippen LogP contribution in [0.25, 0.3) is 6.08 Å². The van der Waals surface area contributed by atoms with Crippen molar-refractivity contribution in [2.75, 3.05) is 27.3 Å². The van der Waals surface area contributed by atoms with Gasteiger partial charge in [0.15, 0.2) is 11.5 Å². The summed E-state index contributed by atoms with van der Waals surface area (Å²) in [6, 6.07) is 12.9. The average Bonchev–Trinajstić information content (AvgIpc) is 2.81. The Morgan fingerprint density at radius 3 is 2.61 bits per heavy atom. The van der Waals surface area contributed by atoms with Crippen LogP contribution in [0.1, 0.15) is 24.0 Å². The molecule has 31 heavy (non-hydrogen) atoms. The fraction of sp³-hybridized carbons (Fsp3) is 0.333. The third-order valence-electron chi connectivity index (χ3n) is 5.18. The first-order valence-electron chi connectivity index (χ1n) is 10.1. The lowest BCUT2D eigenvalue weighted by molar-refractivity contribution is -0.148. The van der Waals surface area contributed by atoms with E-state index in [9.17, 15) is 9.59 Å². The standard InChI is InChI=1S/C24H26ClNO5/c1-29-22-14-17(7-11-21(22)31-16-18-5-9-20(25)10-6-18)8-12-23(27)26-13-3-4-19(15-26)24(28)30-2/h5-12,14,19H,3-4,13,15-16H2,1-2H3/b12-8+. The van der Waals surface area contributed by atoms with Crippen LogP contribution in [0.3, 0.4) is 0 Å². The van der Waals surface area contributed by atoms with E-state index in [1.54, 1.807) is 18.1 Å². The average molecular weight is 444 g/mol. The zero-order chi connectivity index (χ0) is 22.2. The molecule has 1 aliphatic rings. The Morgan fingerprint density at radius 2 is 1.90 bits per heavy atom. The van der Waals surface area contributed by atoms with Crippen molar-refractivity contribution in [1.29, 1.82) is 0 Å². The Hall–Kier alpha value is -2.99. The number of nitrogens with zero attached hydrogens (tertiary/aromatic N) is 1. The van der Waals surface area contributed by atoms with Crippen molar-refractivity contribution in [3.05, 3.63) is 64.7 Å². The lowest BCUT2D eigenvalue weighted by atomic mass is 9.98. The number of amides is 1. The molecule has 0 saturated carbocycles. The van der Waals surface area contributed by atoms with Crippen LogP contribution in [0.4, 0.5) is 0 Å². The molecule has 2 aromatic rings. The number of hydrogen-bond donors (Lipinski definition) is 0. The quantitative estimate of drug-likeness (QED) is 0.470. The summed E-state index contributed by atoms with van der Waals surface area (Å²) in [5.74, 6) is 0.537. The normalized spacial score (nSPS) is 16.2. The molecule has 7 heteroatoms. The molecule has 3 rings (SSSR count). The van der Waals surface area contributed by atoms with Gasteiger partial charge in [0, 0.05) is 24.2 Å². The summed E-state index contributed by atoms with van der Waals surface area (Å²) < 4.78 is 16.1. The Labute approximate surface area is 187 Å². The fourth-order valence-corrected chi connectivity index (χ4v) is 3.58. The third kappa shape index (κ3) is 6.25. The zero-order valence-electron chi connectivity index (χ0n) is 17.7. The highest BCUT2D eigenvalue weighted by molar-refractivity contribution is 6.30. The van der Waals surface area contributed by atoms with E-state index in [-0.39, 0.29) is 17.8 Å². The van der Waals surface area contributed by atoms with Gasteiger partial charge in [0.2, 0.25) is 5.91 Å². The topological polar surface area (TPSA) is 65.1 Å². The number of hydrogen-bond acceptors (Lipinski definition) is 5. The molecule has 1 fully saturated rings. The summed E-state index contributed by atoms with van der Waals surface area (Å²) in [7, 11) is 2.95. The molecule has 0 bridgehead atoms. The molecule has 0 radical (unpaired) electrons. The molecule has 1 unspecified atom stereocenters. The molecule has 1 aliphatic heterocycles. The van der Waals surface area contributed by atoms with Crippen molar-refractivity contribution in [2.24, 2.45) is 5.92 Å². The van der Waals surface area contributed by atoms with Crippen molar-refractivity contribution >= 4 is 29.6 Å². The van der Waals surface area contributed by atoms with Crippen LogP contribution < -0.4 is 9.47 Å². The number of benzene rings is 2. The van der Waals surface area contributed by atoms with Gasteiger partial charge in [-0.25, -0.2) is 0 Å². The van der Waals surface area contributed by atoms with Gasteiger partial charge in [-0.2, -0.15) is 0 Å². The second-order valence-corrected chi connectivity index (χ2v) is 7.74. The Bertz CT molecular complexity index is 941. The van der Waals surface area contributed by atoms with Crippen molar-refractivity contribution in [3.8, 4) is 11.5 Å². The minimum atomic E-state index is -0.264. The van der Waals surface area contributed by atoms with Gasteiger partial charge in [0.05, 0.1) is 20.1 Å². The van der Waals surface area contributed by atoms with Crippen LogP contribution in [0.2, 0.25) is 5.02 Å². The molecular formula is C24H26ClNO5. The minimum Gasteiger partial charge on any atom is -0.493 e. The molecule has 1 atom stereocenters. The van der Waals surface area contributed by atoms with E-state index in [0.29, 0.717) is 36.2 Å². The summed E-state index contributed by atoms with van der Waals surface area (Å²) in [5.41, 5.74) is 1.80. The smallest absolute Gasteiger partial charge is 0.310 e. The first-order chi connectivity index (χ1) is 15.0. The molecule has 0 aromatic heterocycles. The lowest BCUT2D eigenvalue weighted by Crippen LogP contribution is -2.41. The number of carbonyl (C=O) groups excluding carboxylic acids is 2. The number of carbonyl (C=O) groups is 2. The van der Waals surface area contributed by atoms with E-state index in [2.05, 4.69) is 0 Å². The molecule has 2 aromatic carbocycles. The molecule has 6 nitrogen and oxygen atoms in total. The third-order valence-corrected chi connectivity index (χ3v) is 5.43. The van der Waals surface area contributed by atoms with Gasteiger partial charge in [0.25, 0.3) is 0 Å². The van der Waals surface area contributed by atoms with Crippen LogP contribution in [0.15, 0.2) is 48.5 Å². The van der Waals surface area contributed by atoms with Gasteiger partial charge < -0.3 is 19.1 Å². The Balaban J connectivity index is 1.62. The summed E-state index contributed by atoms with van der Waals surface area (Å²) in [4.78, 5) is 26.0. The van der Waals surface area contributed by atoms with Gasteiger partial charge in [-0.15, -0.1) is 0 Å². The van der Waals surface area contributed by atoms with E-state index in [0.717, 1.165) is 24.0 Å². The monoisotopic (exact) mass is 443 g/mol. The highest BCUT2D eigenvalue weighted by atomic mass is 35.5. The minimum absolute atomic E-state index is 0.129. The Morgan fingerprint density at radius 1 is 1.13 bits per heavy atom. The summed E-state index contributed by atoms with van der Waals surface area (Å²) >= 11 is 5.91. The van der Waals surface area contributed by atoms with Crippen molar-refractivity contribution in [2.45, 2.75) is 19.4 Å². The zero-order valence-corrected chi connectivity index (χ0v) is 18.4. The highest BCUT2D eigenvalue weighted by Crippen LogP contribution is 2.29. The number of halogens is 1. The molecular weight excluding hydrogens is 418 g/mol. The summed E-state index contributed by atoms with van der Waals surface area (Å²) in [6.07, 6.45) is 4.78. The molecule has 1 saturated heterocycles. The fourth-order valence-electron chi connectivity index (χ4n) is 3.46. The van der Waals surface area contributed by atoms with E-state index < -0.39 is 0 Å². The number of likely N-dealkylation sites (tertiary alicyclic amines) is 1. The van der Waals surface area contributed by atoms with E-state index in [1.165, 1.54) is 13.2 Å². The number of esters is 1. The van der Waals surface area contributed by atoms with Gasteiger partial charge in [-0.1, -0.05) is 29.8 Å². The van der Waals surface area contributed by atoms with E-state index in [4.69, 9.17) is 25.8 Å².